The molecule has 3 heterocycles. The Balaban J connectivity index is 1.26. The van der Waals surface area contributed by atoms with Crippen molar-refractivity contribution < 1.29 is 0 Å². The van der Waals surface area contributed by atoms with Crippen LogP contribution in [0.25, 0.3) is 0 Å². The molecule has 0 spiro atoms. The number of nitrogens with zero attached hydrogens (tertiary/aromatic N) is 4. The van der Waals surface area contributed by atoms with E-state index in [1.165, 1.54) is 43.4 Å². The predicted octanol–water partition coefficient (Wildman–Crippen LogP) is 3.01. The van der Waals surface area contributed by atoms with E-state index in [0.29, 0.717) is 6.04 Å². The quantitative estimate of drug-likeness (QED) is 0.547. The minimum atomic E-state index is 0.548. The lowest BCUT2D eigenvalue weighted by Gasteiger charge is -2.25. The van der Waals surface area contributed by atoms with Crippen LogP contribution in [0.4, 0.5) is 5.82 Å². The van der Waals surface area contributed by atoms with Gasteiger partial charge in [0.15, 0.2) is 5.96 Å². The smallest absolute Gasteiger partial charge is 0.191 e. The molecule has 4 rings (SSSR count). The number of guanidine groups is 1. The molecule has 2 N–H and O–H groups in total. The van der Waals surface area contributed by atoms with E-state index < -0.39 is 0 Å². The Morgan fingerprint density at radius 1 is 1.03 bits per heavy atom. The van der Waals surface area contributed by atoms with Crippen LogP contribution in [0.5, 0.6) is 0 Å². The highest BCUT2D eigenvalue weighted by Crippen LogP contribution is 2.20. The number of hydrogen-bond donors (Lipinski definition) is 2. The molecular weight excluding hydrogens is 372 g/mol. The number of aromatic nitrogens is 1. The zero-order valence-electron chi connectivity index (χ0n) is 18.1. The van der Waals surface area contributed by atoms with E-state index in [0.717, 1.165) is 44.5 Å². The van der Waals surface area contributed by atoms with E-state index in [1.807, 2.05) is 13.2 Å². The van der Waals surface area contributed by atoms with E-state index in [2.05, 4.69) is 72.9 Å². The van der Waals surface area contributed by atoms with E-state index in [1.54, 1.807) is 0 Å². The van der Waals surface area contributed by atoms with Crippen molar-refractivity contribution in [1.29, 1.82) is 0 Å². The number of rotatable bonds is 7. The van der Waals surface area contributed by atoms with Crippen LogP contribution in [0.1, 0.15) is 36.8 Å². The van der Waals surface area contributed by atoms with E-state index in [4.69, 9.17) is 0 Å². The first-order valence-electron chi connectivity index (χ1n) is 11.2. The van der Waals surface area contributed by atoms with Crippen LogP contribution in [0.3, 0.4) is 0 Å². The Morgan fingerprint density at radius 3 is 2.67 bits per heavy atom. The molecule has 6 heteroatoms. The summed E-state index contributed by atoms with van der Waals surface area (Å²) in [6, 6.07) is 15.6. The first-order valence-corrected chi connectivity index (χ1v) is 11.2. The van der Waals surface area contributed by atoms with Gasteiger partial charge in [-0.3, -0.25) is 9.89 Å². The molecule has 0 amide bonds. The molecule has 1 aromatic carbocycles. The molecule has 2 aromatic rings. The Kier molecular flexibility index (Phi) is 7.19. The molecule has 0 aliphatic carbocycles. The Morgan fingerprint density at radius 2 is 1.87 bits per heavy atom. The lowest BCUT2D eigenvalue weighted by Crippen LogP contribution is -2.44. The topological polar surface area (TPSA) is 55.8 Å². The zero-order chi connectivity index (χ0) is 20.6. The van der Waals surface area contributed by atoms with Gasteiger partial charge in [-0.2, -0.15) is 0 Å². The van der Waals surface area contributed by atoms with Gasteiger partial charge in [-0.25, -0.2) is 4.98 Å². The summed E-state index contributed by atoms with van der Waals surface area (Å²) in [6.07, 6.45) is 6.95. The van der Waals surface area contributed by atoms with Crippen molar-refractivity contribution in [2.75, 3.05) is 38.1 Å². The summed E-state index contributed by atoms with van der Waals surface area (Å²) in [7, 11) is 1.84. The Bertz CT molecular complexity index is 815. The normalized spacial score (nSPS) is 20.0. The van der Waals surface area contributed by atoms with Crippen molar-refractivity contribution in [1.82, 2.24) is 20.5 Å². The lowest BCUT2D eigenvalue weighted by molar-refractivity contribution is 0.245. The number of benzene rings is 1. The van der Waals surface area contributed by atoms with Crippen LogP contribution in [-0.4, -0.2) is 55.1 Å². The van der Waals surface area contributed by atoms with Crippen LogP contribution >= 0.6 is 0 Å². The number of likely N-dealkylation sites (tertiary alicyclic amines) is 1. The Hall–Kier alpha value is -2.60. The van der Waals surface area contributed by atoms with Crippen molar-refractivity contribution in [3.05, 3.63) is 59.8 Å². The zero-order valence-corrected chi connectivity index (χ0v) is 18.1. The number of hydrogen-bond acceptors (Lipinski definition) is 4. The van der Waals surface area contributed by atoms with Crippen molar-refractivity contribution in [3.63, 3.8) is 0 Å². The molecule has 6 nitrogen and oxygen atoms in total. The third kappa shape index (κ3) is 5.51. The number of anilines is 1. The summed E-state index contributed by atoms with van der Waals surface area (Å²) in [6.45, 7) is 6.10. The molecule has 2 saturated heterocycles. The van der Waals surface area contributed by atoms with Crippen LogP contribution in [0.2, 0.25) is 0 Å². The molecule has 1 atom stereocenters. The second kappa shape index (κ2) is 10.4. The van der Waals surface area contributed by atoms with Crippen LogP contribution < -0.4 is 15.5 Å². The van der Waals surface area contributed by atoms with Gasteiger partial charge < -0.3 is 15.5 Å². The summed E-state index contributed by atoms with van der Waals surface area (Å²) in [5.74, 6) is 1.96. The van der Waals surface area contributed by atoms with Gasteiger partial charge in [-0.1, -0.05) is 30.3 Å². The van der Waals surface area contributed by atoms with Gasteiger partial charge >= 0.3 is 0 Å². The number of pyridine rings is 1. The minimum Gasteiger partial charge on any atom is -0.357 e. The first kappa shape index (κ1) is 20.7. The predicted molar refractivity (Wildman–Crippen MR) is 124 cm³/mol. The highest BCUT2D eigenvalue weighted by atomic mass is 15.2. The molecule has 2 aliphatic heterocycles. The third-order valence-electron chi connectivity index (χ3n) is 6.16. The fourth-order valence-corrected chi connectivity index (χ4v) is 4.46. The van der Waals surface area contributed by atoms with Gasteiger partial charge in [0, 0.05) is 52.0 Å². The molecule has 0 saturated carbocycles. The first-order chi connectivity index (χ1) is 14.8. The molecule has 30 heavy (non-hydrogen) atoms. The van der Waals surface area contributed by atoms with E-state index in [9.17, 15) is 0 Å². The van der Waals surface area contributed by atoms with Gasteiger partial charge in [0.2, 0.25) is 0 Å². The second-order valence-corrected chi connectivity index (χ2v) is 8.28. The monoisotopic (exact) mass is 406 g/mol. The van der Waals surface area contributed by atoms with Crippen molar-refractivity contribution in [3.8, 4) is 0 Å². The van der Waals surface area contributed by atoms with Crippen molar-refractivity contribution in [2.45, 2.75) is 44.8 Å². The van der Waals surface area contributed by atoms with Crippen LogP contribution in [0.15, 0.2) is 53.7 Å². The second-order valence-electron chi connectivity index (χ2n) is 8.28. The average molecular weight is 407 g/mol. The molecule has 2 aliphatic rings. The summed E-state index contributed by atoms with van der Waals surface area (Å²) in [5, 5.41) is 7.00. The minimum absolute atomic E-state index is 0.548. The molecule has 0 radical (unpaired) electrons. The van der Waals surface area contributed by atoms with Crippen LogP contribution in [-0.2, 0) is 13.1 Å². The molecular formula is C24H34N6. The average Bonchev–Trinajstić information content (AvgIpc) is 3.47. The molecule has 160 valence electrons. The maximum Gasteiger partial charge on any atom is 0.191 e. The maximum atomic E-state index is 4.55. The number of nitrogens with one attached hydrogen (secondary N) is 2. The fraction of sp³-hybridized carbons (Fsp3) is 0.500. The molecule has 1 aromatic heterocycles. The lowest BCUT2D eigenvalue weighted by atomic mass is 10.2. The highest BCUT2D eigenvalue weighted by Gasteiger charge is 2.24. The fourth-order valence-electron chi connectivity index (χ4n) is 4.46. The van der Waals surface area contributed by atoms with Gasteiger partial charge in [0.25, 0.3) is 0 Å². The standard InChI is InChI=1S/C24H34N6/c1-25-24(27-17-21-11-12-26-23(16-21)29-13-5-6-14-29)28-18-22-10-7-15-30(22)19-20-8-3-2-4-9-20/h2-4,8-9,11-12,16,22H,5-7,10,13-15,17-19H2,1H3,(H2,25,27,28). The van der Waals surface area contributed by atoms with Crippen LogP contribution in [0, 0.1) is 0 Å². The van der Waals surface area contributed by atoms with E-state index >= 15 is 0 Å². The molecule has 1 unspecified atom stereocenters. The Labute approximate surface area is 180 Å². The summed E-state index contributed by atoms with van der Waals surface area (Å²) in [4.78, 5) is 13.9. The van der Waals surface area contributed by atoms with Gasteiger partial charge in [-0.15, -0.1) is 0 Å². The van der Waals surface area contributed by atoms with E-state index in [-0.39, 0.29) is 0 Å². The van der Waals surface area contributed by atoms with Gasteiger partial charge in [-0.05, 0) is 55.5 Å². The molecule has 2 fully saturated rings. The number of aliphatic imine (C=N–C) groups is 1. The SMILES string of the molecule is CN=C(NCc1ccnc(N2CCCC2)c1)NCC1CCCN1Cc1ccccc1. The summed E-state index contributed by atoms with van der Waals surface area (Å²) >= 11 is 0. The van der Waals surface area contributed by atoms with Crippen molar-refractivity contribution in [2.24, 2.45) is 4.99 Å². The maximum absolute atomic E-state index is 4.55. The van der Waals surface area contributed by atoms with Crippen molar-refractivity contribution >= 4 is 11.8 Å². The highest BCUT2D eigenvalue weighted by molar-refractivity contribution is 5.79. The molecule has 0 bridgehead atoms. The summed E-state index contributed by atoms with van der Waals surface area (Å²) in [5.41, 5.74) is 2.62. The largest absolute Gasteiger partial charge is 0.357 e. The van der Waals surface area contributed by atoms with Gasteiger partial charge in [0.1, 0.15) is 5.82 Å². The van der Waals surface area contributed by atoms with Gasteiger partial charge in [0.05, 0.1) is 0 Å². The third-order valence-corrected chi connectivity index (χ3v) is 6.16. The summed E-state index contributed by atoms with van der Waals surface area (Å²) < 4.78 is 0.